The number of rotatable bonds is 7. The van der Waals surface area contributed by atoms with Gasteiger partial charge in [0.2, 0.25) is 5.91 Å². The minimum atomic E-state index is 0.292. The van der Waals surface area contributed by atoms with E-state index in [0.717, 1.165) is 22.2 Å². The van der Waals surface area contributed by atoms with Crippen LogP contribution in [0.1, 0.15) is 33.1 Å². The van der Waals surface area contributed by atoms with Crippen LogP contribution in [0.4, 0.5) is 0 Å². The number of carbonyl (C=O) groups excluding carboxylic acids is 1. The van der Waals surface area contributed by atoms with Gasteiger partial charge in [-0.15, -0.1) is 11.8 Å². The number of carbonyl (C=O) groups is 1. The Balaban J connectivity index is 1.80. The first-order valence-corrected chi connectivity index (χ1v) is 8.61. The smallest absolute Gasteiger partial charge is 0.223 e. The molecule has 1 aliphatic carbocycles. The second-order valence-corrected chi connectivity index (χ2v) is 7.24. The first-order valence-electron chi connectivity index (χ1n) is 7.24. The first kappa shape index (κ1) is 15.7. The van der Waals surface area contributed by atoms with Gasteiger partial charge >= 0.3 is 0 Å². The molecule has 0 heterocycles. The fourth-order valence-corrected chi connectivity index (χ4v) is 3.36. The molecule has 1 amide bonds. The average molecular weight is 312 g/mol. The summed E-state index contributed by atoms with van der Waals surface area (Å²) in [5, 5.41) is 0.770. The van der Waals surface area contributed by atoms with Gasteiger partial charge in [-0.05, 0) is 30.9 Å². The lowest BCUT2D eigenvalue weighted by molar-refractivity contribution is -0.131. The highest BCUT2D eigenvalue weighted by Gasteiger charge is 2.32. The Morgan fingerprint density at radius 2 is 2.10 bits per heavy atom. The summed E-state index contributed by atoms with van der Waals surface area (Å²) >= 11 is 7.78. The Bertz CT molecular complexity index is 460. The zero-order valence-electron chi connectivity index (χ0n) is 12.1. The maximum atomic E-state index is 12.3. The summed E-state index contributed by atoms with van der Waals surface area (Å²) in [6.07, 6.45) is 2.95. The molecule has 1 aliphatic rings. The number of halogens is 1. The first-order chi connectivity index (χ1) is 9.58. The molecule has 2 nitrogen and oxygen atoms in total. The number of hydrogen-bond acceptors (Lipinski definition) is 2. The number of amides is 1. The molecule has 0 unspecified atom stereocenters. The van der Waals surface area contributed by atoms with Crippen molar-refractivity contribution in [2.24, 2.45) is 5.92 Å². The van der Waals surface area contributed by atoms with E-state index in [1.54, 1.807) is 11.8 Å². The minimum Gasteiger partial charge on any atom is -0.339 e. The van der Waals surface area contributed by atoms with Gasteiger partial charge in [0.15, 0.2) is 0 Å². The zero-order chi connectivity index (χ0) is 14.5. The number of thioether (sulfide) groups is 1. The van der Waals surface area contributed by atoms with E-state index in [2.05, 4.69) is 18.7 Å². The Morgan fingerprint density at radius 1 is 1.40 bits per heavy atom. The van der Waals surface area contributed by atoms with Gasteiger partial charge in [0.25, 0.3) is 0 Å². The number of benzene rings is 1. The van der Waals surface area contributed by atoms with Crippen LogP contribution in [0.5, 0.6) is 0 Å². The van der Waals surface area contributed by atoms with Gasteiger partial charge in [-0.3, -0.25) is 4.79 Å². The molecule has 20 heavy (non-hydrogen) atoms. The van der Waals surface area contributed by atoms with Crippen LogP contribution in [0.2, 0.25) is 5.02 Å². The van der Waals surface area contributed by atoms with Gasteiger partial charge < -0.3 is 4.90 Å². The molecule has 1 saturated carbocycles. The Morgan fingerprint density at radius 3 is 2.70 bits per heavy atom. The van der Waals surface area contributed by atoms with Crippen LogP contribution in [0, 0.1) is 5.92 Å². The highest BCUT2D eigenvalue weighted by molar-refractivity contribution is 7.99. The second-order valence-electron chi connectivity index (χ2n) is 5.70. The Hall–Kier alpha value is -0.670. The third-order valence-electron chi connectivity index (χ3n) is 3.28. The Kier molecular flexibility index (Phi) is 5.79. The van der Waals surface area contributed by atoms with Gasteiger partial charge in [0.1, 0.15) is 0 Å². The maximum Gasteiger partial charge on any atom is 0.223 e. The summed E-state index contributed by atoms with van der Waals surface area (Å²) < 4.78 is 0. The number of hydrogen-bond donors (Lipinski definition) is 0. The molecule has 0 atom stereocenters. The molecule has 110 valence electrons. The van der Waals surface area contributed by atoms with Crippen LogP contribution in [-0.4, -0.2) is 29.1 Å². The van der Waals surface area contributed by atoms with Crippen LogP contribution in [0.3, 0.4) is 0 Å². The van der Waals surface area contributed by atoms with Crippen LogP contribution < -0.4 is 0 Å². The SMILES string of the molecule is CC(C)CN(C(=O)CCSc1ccccc1Cl)C1CC1. The lowest BCUT2D eigenvalue weighted by Crippen LogP contribution is -2.36. The fourth-order valence-electron chi connectivity index (χ4n) is 2.19. The van der Waals surface area contributed by atoms with Crippen LogP contribution in [0.25, 0.3) is 0 Å². The summed E-state index contributed by atoms with van der Waals surface area (Å²) in [6.45, 7) is 5.22. The molecule has 0 saturated heterocycles. The van der Waals surface area contributed by atoms with Gasteiger partial charge in [-0.2, -0.15) is 0 Å². The van der Waals surface area contributed by atoms with Crippen molar-refractivity contribution in [3.05, 3.63) is 29.3 Å². The highest BCUT2D eigenvalue weighted by Crippen LogP contribution is 2.30. The van der Waals surface area contributed by atoms with E-state index < -0.39 is 0 Å². The molecular formula is C16H22ClNOS. The van der Waals surface area contributed by atoms with Crippen molar-refractivity contribution in [3.8, 4) is 0 Å². The van der Waals surface area contributed by atoms with E-state index in [9.17, 15) is 4.79 Å². The summed E-state index contributed by atoms with van der Waals surface area (Å²) in [7, 11) is 0. The van der Waals surface area contributed by atoms with Crippen LogP contribution in [-0.2, 0) is 4.79 Å². The van der Waals surface area contributed by atoms with E-state index in [1.165, 1.54) is 12.8 Å². The molecule has 4 heteroatoms. The van der Waals surface area contributed by atoms with Crippen molar-refractivity contribution in [2.45, 2.75) is 44.0 Å². The minimum absolute atomic E-state index is 0.292. The van der Waals surface area contributed by atoms with E-state index in [1.807, 2.05) is 24.3 Å². The molecule has 1 aromatic carbocycles. The van der Waals surface area contributed by atoms with Crippen LogP contribution >= 0.6 is 23.4 Å². The average Bonchev–Trinajstić information content (AvgIpc) is 3.22. The quantitative estimate of drug-likeness (QED) is 0.692. The fraction of sp³-hybridized carbons (Fsp3) is 0.562. The predicted octanol–water partition coefficient (Wildman–Crippen LogP) is 4.47. The van der Waals surface area contributed by atoms with Crippen molar-refractivity contribution in [1.29, 1.82) is 0 Å². The van der Waals surface area contributed by atoms with Gasteiger partial charge in [-0.25, -0.2) is 0 Å². The van der Waals surface area contributed by atoms with Gasteiger partial charge in [-0.1, -0.05) is 37.6 Å². The molecule has 2 rings (SSSR count). The number of nitrogens with zero attached hydrogens (tertiary/aromatic N) is 1. The molecule has 0 aromatic heterocycles. The van der Waals surface area contributed by atoms with E-state index in [0.29, 0.717) is 24.3 Å². The normalized spacial score (nSPS) is 14.6. The molecule has 1 fully saturated rings. The molecule has 0 aliphatic heterocycles. The Labute approximate surface area is 130 Å². The topological polar surface area (TPSA) is 20.3 Å². The lowest BCUT2D eigenvalue weighted by atomic mass is 10.2. The van der Waals surface area contributed by atoms with Crippen molar-refractivity contribution in [2.75, 3.05) is 12.3 Å². The molecule has 0 spiro atoms. The summed E-state index contributed by atoms with van der Waals surface area (Å²) in [5.74, 6) is 1.63. The molecule has 0 bridgehead atoms. The van der Waals surface area contributed by atoms with Crippen molar-refractivity contribution >= 4 is 29.3 Å². The van der Waals surface area contributed by atoms with Crippen molar-refractivity contribution in [3.63, 3.8) is 0 Å². The summed E-state index contributed by atoms with van der Waals surface area (Å²) in [5.41, 5.74) is 0. The second kappa shape index (κ2) is 7.37. The molecular weight excluding hydrogens is 290 g/mol. The summed E-state index contributed by atoms with van der Waals surface area (Å²) in [6, 6.07) is 8.31. The molecule has 1 aromatic rings. The van der Waals surface area contributed by atoms with Crippen molar-refractivity contribution in [1.82, 2.24) is 4.90 Å². The van der Waals surface area contributed by atoms with E-state index in [4.69, 9.17) is 11.6 Å². The molecule has 0 N–H and O–H groups in total. The van der Waals surface area contributed by atoms with Gasteiger partial charge in [0.05, 0.1) is 5.02 Å². The zero-order valence-corrected chi connectivity index (χ0v) is 13.7. The van der Waals surface area contributed by atoms with Crippen molar-refractivity contribution < 1.29 is 4.79 Å². The van der Waals surface area contributed by atoms with Gasteiger partial charge in [0, 0.05) is 29.7 Å². The predicted molar refractivity (Wildman–Crippen MR) is 86.4 cm³/mol. The summed E-state index contributed by atoms with van der Waals surface area (Å²) in [4.78, 5) is 15.5. The standard InChI is InChI=1S/C16H22ClNOS/c1-12(2)11-18(13-7-8-13)16(19)9-10-20-15-6-4-3-5-14(15)17/h3-6,12-13H,7-11H2,1-2H3. The third-order valence-corrected chi connectivity index (χ3v) is 4.80. The monoisotopic (exact) mass is 311 g/mol. The maximum absolute atomic E-state index is 12.3. The third kappa shape index (κ3) is 4.71. The molecule has 0 radical (unpaired) electrons. The highest BCUT2D eigenvalue weighted by atomic mass is 35.5. The van der Waals surface area contributed by atoms with Crippen LogP contribution in [0.15, 0.2) is 29.2 Å². The van der Waals surface area contributed by atoms with E-state index in [-0.39, 0.29) is 0 Å². The van der Waals surface area contributed by atoms with E-state index >= 15 is 0 Å². The largest absolute Gasteiger partial charge is 0.339 e. The lowest BCUT2D eigenvalue weighted by Gasteiger charge is -2.24.